The van der Waals surface area contributed by atoms with Gasteiger partial charge in [-0.05, 0) is 51.6 Å². The van der Waals surface area contributed by atoms with Gasteiger partial charge in [0.05, 0.1) is 13.7 Å². The van der Waals surface area contributed by atoms with Crippen LogP contribution in [0.1, 0.15) is 45.4 Å². The lowest BCUT2D eigenvalue weighted by Gasteiger charge is -2.27. The first-order chi connectivity index (χ1) is 9.51. The lowest BCUT2D eigenvalue weighted by atomic mass is 9.87. The van der Waals surface area contributed by atoms with E-state index in [1.807, 2.05) is 11.9 Å². The lowest BCUT2D eigenvalue weighted by molar-refractivity contribution is -0.140. The van der Waals surface area contributed by atoms with E-state index in [0.29, 0.717) is 19.0 Å². The number of esters is 1. The summed E-state index contributed by atoms with van der Waals surface area (Å²) in [5.74, 6) is 0.688. The average molecular weight is 284 g/mol. The molecular formula is C15H28N2O3. The molecule has 0 spiro atoms. The zero-order valence-electron chi connectivity index (χ0n) is 13.0. The fourth-order valence-corrected chi connectivity index (χ4v) is 2.60. The Kier molecular flexibility index (Phi) is 7.59. The molecule has 0 unspecified atom stereocenters. The first kappa shape index (κ1) is 17.0. The highest BCUT2D eigenvalue weighted by molar-refractivity contribution is 5.78. The van der Waals surface area contributed by atoms with E-state index < -0.39 is 0 Å². The molecule has 1 aliphatic rings. The normalized spacial score (nSPS) is 22.6. The van der Waals surface area contributed by atoms with Crippen molar-refractivity contribution < 1.29 is 14.3 Å². The van der Waals surface area contributed by atoms with E-state index in [0.717, 1.165) is 31.7 Å². The van der Waals surface area contributed by atoms with Crippen molar-refractivity contribution in [2.24, 2.45) is 5.92 Å². The third kappa shape index (κ3) is 6.89. The Hall–Kier alpha value is -1.10. The summed E-state index contributed by atoms with van der Waals surface area (Å²) in [6.07, 6.45) is 5.73. The molecule has 1 aliphatic carbocycles. The summed E-state index contributed by atoms with van der Waals surface area (Å²) in [7, 11) is 3.30. The molecule has 0 aromatic heterocycles. The Bertz CT molecular complexity index is 312. The number of ether oxygens (including phenoxy) is 1. The summed E-state index contributed by atoms with van der Waals surface area (Å²) in [6, 6.07) is 0.349. The molecule has 0 radical (unpaired) electrons. The van der Waals surface area contributed by atoms with Gasteiger partial charge in [0.15, 0.2) is 0 Å². The van der Waals surface area contributed by atoms with Gasteiger partial charge in [0.2, 0.25) is 5.91 Å². The maximum absolute atomic E-state index is 11.9. The summed E-state index contributed by atoms with van der Waals surface area (Å²) in [6.45, 7) is 3.39. The first-order valence-electron chi connectivity index (χ1n) is 7.56. The van der Waals surface area contributed by atoms with Crippen LogP contribution < -0.4 is 5.32 Å². The summed E-state index contributed by atoms with van der Waals surface area (Å²) >= 11 is 0. The van der Waals surface area contributed by atoms with Gasteiger partial charge in [-0.3, -0.25) is 14.5 Å². The molecule has 0 atom stereocenters. The predicted octanol–water partition coefficient (Wildman–Crippen LogP) is 1.57. The van der Waals surface area contributed by atoms with Gasteiger partial charge in [0, 0.05) is 12.5 Å². The smallest absolute Gasteiger partial charge is 0.305 e. The molecule has 0 saturated heterocycles. The molecule has 1 amide bonds. The van der Waals surface area contributed by atoms with E-state index in [9.17, 15) is 9.59 Å². The maximum Gasteiger partial charge on any atom is 0.305 e. The molecule has 116 valence electrons. The topological polar surface area (TPSA) is 58.6 Å². The van der Waals surface area contributed by atoms with Gasteiger partial charge in [-0.2, -0.15) is 0 Å². The van der Waals surface area contributed by atoms with Crippen LogP contribution in [-0.2, 0) is 14.3 Å². The molecule has 0 heterocycles. The molecular weight excluding hydrogens is 256 g/mol. The zero-order chi connectivity index (χ0) is 15.0. The van der Waals surface area contributed by atoms with E-state index in [1.54, 1.807) is 0 Å². The Morgan fingerprint density at radius 3 is 2.50 bits per heavy atom. The highest BCUT2D eigenvalue weighted by atomic mass is 16.5. The lowest BCUT2D eigenvalue weighted by Crippen LogP contribution is -2.42. The quantitative estimate of drug-likeness (QED) is 0.721. The zero-order valence-corrected chi connectivity index (χ0v) is 13.0. The van der Waals surface area contributed by atoms with Crippen LogP contribution in [0, 0.1) is 5.92 Å². The minimum Gasteiger partial charge on any atom is -0.469 e. The summed E-state index contributed by atoms with van der Waals surface area (Å²) in [5.41, 5.74) is 0. The second-order valence-corrected chi connectivity index (χ2v) is 5.94. The second-order valence-electron chi connectivity index (χ2n) is 5.94. The Morgan fingerprint density at radius 1 is 1.25 bits per heavy atom. The molecule has 1 N–H and O–H groups in total. The molecule has 1 rings (SSSR count). The molecule has 0 bridgehead atoms. The van der Waals surface area contributed by atoms with E-state index in [4.69, 9.17) is 0 Å². The largest absolute Gasteiger partial charge is 0.469 e. The SMILES string of the molecule is COC(=O)CCCN(C)CC(=O)NC1CCC(C)CC1. The van der Waals surface area contributed by atoms with E-state index in [-0.39, 0.29) is 11.9 Å². The highest BCUT2D eigenvalue weighted by Crippen LogP contribution is 2.23. The van der Waals surface area contributed by atoms with Crippen molar-refractivity contribution in [3.05, 3.63) is 0 Å². The number of carbonyl (C=O) groups is 2. The second kappa shape index (κ2) is 8.95. The number of hydrogen-bond acceptors (Lipinski definition) is 4. The van der Waals surface area contributed by atoms with Crippen LogP contribution in [0.4, 0.5) is 0 Å². The molecule has 0 aromatic rings. The monoisotopic (exact) mass is 284 g/mol. The summed E-state index contributed by atoms with van der Waals surface area (Å²) in [4.78, 5) is 24.8. The Morgan fingerprint density at radius 2 is 1.90 bits per heavy atom. The number of methoxy groups -OCH3 is 1. The van der Waals surface area contributed by atoms with Crippen molar-refractivity contribution >= 4 is 11.9 Å². The molecule has 0 aromatic carbocycles. The van der Waals surface area contributed by atoms with Gasteiger partial charge in [-0.25, -0.2) is 0 Å². The Labute approximate surface area is 122 Å². The van der Waals surface area contributed by atoms with Crippen LogP contribution >= 0.6 is 0 Å². The van der Waals surface area contributed by atoms with Crippen LogP contribution in [0.2, 0.25) is 0 Å². The molecule has 1 saturated carbocycles. The first-order valence-corrected chi connectivity index (χ1v) is 7.56. The van der Waals surface area contributed by atoms with Crippen molar-refractivity contribution in [1.82, 2.24) is 10.2 Å². The molecule has 0 aliphatic heterocycles. The summed E-state index contributed by atoms with van der Waals surface area (Å²) < 4.78 is 4.59. The minimum atomic E-state index is -0.195. The van der Waals surface area contributed by atoms with Crippen LogP contribution in [-0.4, -0.2) is 50.1 Å². The average Bonchev–Trinajstić information content (AvgIpc) is 2.41. The van der Waals surface area contributed by atoms with Gasteiger partial charge in [0.1, 0.15) is 0 Å². The van der Waals surface area contributed by atoms with Crippen LogP contribution in [0.25, 0.3) is 0 Å². The molecule has 20 heavy (non-hydrogen) atoms. The number of hydrogen-bond donors (Lipinski definition) is 1. The highest BCUT2D eigenvalue weighted by Gasteiger charge is 2.20. The molecule has 5 nitrogen and oxygen atoms in total. The van der Waals surface area contributed by atoms with Gasteiger partial charge >= 0.3 is 5.97 Å². The van der Waals surface area contributed by atoms with Gasteiger partial charge in [0.25, 0.3) is 0 Å². The van der Waals surface area contributed by atoms with Crippen molar-refractivity contribution in [3.8, 4) is 0 Å². The molecule has 5 heteroatoms. The van der Waals surface area contributed by atoms with Gasteiger partial charge in [-0.1, -0.05) is 6.92 Å². The van der Waals surface area contributed by atoms with Crippen LogP contribution in [0.3, 0.4) is 0 Å². The number of nitrogens with one attached hydrogen (secondary N) is 1. The number of nitrogens with zero attached hydrogens (tertiary/aromatic N) is 1. The minimum absolute atomic E-state index is 0.0881. The fourth-order valence-electron chi connectivity index (χ4n) is 2.60. The third-order valence-corrected chi connectivity index (χ3v) is 3.94. The number of rotatable bonds is 7. The van der Waals surface area contributed by atoms with Crippen molar-refractivity contribution in [2.45, 2.75) is 51.5 Å². The number of amides is 1. The van der Waals surface area contributed by atoms with Gasteiger partial charge < -0.3 is 10.1 Å². The molecule has 1 fully saturated rings. The number of likely N-dealkylation sites (N-methyl/N-ethyl adjacent to an activating group) is 1. The van der Waals surface area contributed by atoms with Crippen molar-refractivity contribution in [3.63, 3.8) is 0 Å². The van der Waals surface area contributed by atoms with Gasteiger partial charge in [-0.15, -0.1) is 0 Å². The fraction of sp³-hybridized carbons (Fsp3) is 0.867. The Balaban J connectivity index is 2.13. The van der Waals surface area contributed by atoms with E-state index in [1.165, 1.54) is 20.0 Å². The van der Waals surface area contributed by atoms with Crippen LogP contribution in [0.5, 0.6) is 0 Å². The van der Waals surface area contributed by atoms with Crippen LogP contribution in [0.15, 0.2) is 0 Å². The van der Waals surface area contributed by atoms with Crippen molar-refractivity contribution in [1.29, 1.82) is 0 Å². The standard InChI is InChI=1S/C15H28N2O3/c1-12-6-8-13(9-7-12)16-14(18)11-17(2)10-4-5-15(19)20-3/h12-13H,4-11H2,1-3H3,(H,16,18). The van der Waals surface area contributed by atoms with E-state index in [2.05, 4.69) is 17.0 Å². The maximum atomic E-state index is 11.9. The number of carbonyl (C=O) groups excluding carboxylic acids is 2. The predicted molar refractivity (Wildman–Crippen MR) is 78.3 cm³/mol. The van der Waals surface area contributed by atoms with Crippen molar-refractivity contribution in [2.75, 3.05) is 27.2 Å². The third-order valence-electron chi connectivity index (χ3n) is 3.94. The van der Waals surface area contributed by atoms with E-state index >= 15 is 0 Å². The summed E-state index contributed by atoms with van der Waals surface area (Å²) in [5, 5.41) is 3.11.